The number of anilines is 3. The number of nitrogen functional groups attached to an aromatic ring is 1. The SMILES string of the molecule is Cc1cccc(Nc2cncc(NN)n2)c1C. The van der Waals surface area contributed by atoms with E-state index in [4.69, 9.17) is 5.84 Å². The number of aromatic nitrogens is 2. The van der Waals surface area contributed by atoms with Crippen LogP contribution in [0, 0.1) is 13.8 Å². The summed E-state index contributed by atoms with van der Waals surface area (Å²) < 4.78 is 0. The van der Waals surface area contributed by atoms with Crippen molar-refractivity contribution in [2.24, 2.45) is 5.84 Å². The fraction of sp³-hybridized carbons (Fsp3) is 0.167. The summed E-state index contributed by atoms with van der Waals surface area (Å²) in [5, 5.41) is 3.22. The van der Waals surface area contributed by atoms with Gasteiger partial charge in [-0.3, -0.25) is 4.98 Å². The first kappa shape index (κ1) is 11.3. The zero-order valence-electron chi connectivity index (χ0n) is 9.86. The molecule has 0 aliphatic rings. The Bertz CT molecular complexity index is 524. The van der Waals surface area contributed by atoms with Crippen LogP contribution < -0.4 is 16.6 Å². The maximum atomic E-state index is 5.29. The summed E-state index contributed by atoms with van der Waals surface area (Å²) in [5.41, 5.74) is 5.91. The summed E-state index contributed by atoms with van der Waals surface area (Å²) in [6, 6.07) is 6.08. The molecular weight excluding hydrogens is 214 g/mol. The van der Waals surface area contributed by atoms with Gasteiger partial charge >= 0.3 is 0 Å². The number of benzene rings is 1. The minimum atomic E-state index is 0.528. The van der Waals surface area contributed by atoms with Gasteiger partial charge in [0.25, 0.3) is 0 Å². The van der Waals surface area contributed by atoms with Gasteiger partial charge in [0, 0.05) is 5.69 Å². The van der Waals surface area contributed by atoms with Crippen molar-refractivity contribution in [1.29, 1.82) is 0 Å². The molecule has 0 radical (unpaired) electrons. The number of nitrogens with one attached hydrogen (secondary N) is 2. The van der Waals surface area contributed by atoms with Crippen molar-refractivity contribution < 1.29 is 0 Å². The molecule has 0 spiro atoms. The zero-order chi connectivity index (χ0) is 12.3. The predicted molar refractivity (Wildman–Crippen MR) is 69.0 cm³/mol. The van der Waals surface area contributed by atoms with Gasteiger partial charge in [0.05, 0.1) is 12.4 Å². The van der Waals surface area contributed by atoms with Gasteiger partial charge in [0.15, 0.2) is 11.6 Å². The highest BCUT2D eigenvalue weighted by atomic mass is 15.3. The molecule has 0 atom stereocenters. The smallest absolute Gasteiger partial charge is 0.160 e. The van der Waals surface area contributed by atoms with E-state index in [1.165, 1.54) is 11.1 Å². The van der Waals surface area contributed by atoms with Gasteiger partial charge in [-0.05, 0) is 31.0 Å². The monoisotopic (exact) mass is 229 g/mol. The fourth-order valence-electron chi connectivity index (χ4n) is 1.52. The standard InChI is InChI=1S/C12H15N5/c1-8-4-3-5-10(9(8)2)15-11-6-14-7-12(16-11)17-13/h3-7H,13H2,1-2H3,(H2,15,16,17). The number of nitrogens with two attached hydrogens (primary N) is 1. The lowest BCUT2D eigenvalue weighted by atomic mass is 10.1. The highest BCUT2D eigenvalue weighted by Crippen LogP contribution is 2.21. The quantitative estimate of drug-likeness (QED) is 0.555. The second-order valence-corrected chi connectivity index (χ2v) is 3.81. The lowest BCUT2D eigenvalue weighted by molar-refractivity contribution is 1.15. The van der Waals surface area contributed by atoms with Crippen LogP contribution >= 0.6 is 0 Å². The highest BCUT2D eigenvalue weighted by Gasteiger charge is 2.02. The Labute approximate surface area is 100 Å². The van der Waals surface area contributed by atoms with Crippen LogP contribution in [0.25, 0.3) is 0 Å². The Hall–Kier alpha value is -2.14. The Kier molecular flexibility index (Phi) is 3.20. The number of nitrogens with zero attached hydrogens (tertiary/aromatic N) is 2. The van der Waals surface area contributed by atoms with E-state index in [9.17, 15) is 0 Å². The van der Waals surface area contributed by atoms with Gasteiger partial charge in [0.1, 0.15) is 0 Å². The van der Waals surface area contributed by atoms with Gasteiger partial charge in [0.2, 0.25) is 0 Å². The van der Waals surface area contributed by atoms with Crippen molar-refractivity contribution in [3.8, 4) is 0 Å². The molecule has 0 amide bonds. The molecule has 1 aromatic heterocycles. The molecule has 1 heterocycles. The van der Waals surface area contributed by atoms with Gasteiger partial charge in [-0.1, -0.05) is 12.1 Å². The highest BCUT2D eigenvalue weighted by molar-refractivity contribution is 5.62. The molecule has 5 heteroatoms. The molecule has 5 nitrogen and oxygen atoms in total. The predicted octanol–water partition coefficient (Wildman–Crippen LogP) is 2.12. The molecule has 2 rings (SSSR count). The van der Waals surface area contributed by atoms with Crippen LogP contribution in [0.4, 0.5) is 17.3 Å². The average Bonchev–Trinajstić information content (AvgIpc) is 2.35. The number of hydrogen-bond donors (Lipinski definition) is 3. The van der Waals surface area contributed by atoms with E-state index >= 15 is 0 Å². The summed E-state index contributed by atoms with van der Waals surface area (Å²) >= 11 is 0. The van der Waals surface area contributed by atoms with Crippen molar-refractivity contribution in [3.63, 3.8) is 0 Å². The summed E-state index contributed by atoms with van der Waals surface area (Å²) in [5.74, 6) is 6.48. The van der Waals surface area contributed by atoms with Crippen molar-refractivity contribution in [2.45, 2.75) is 13.8 Å². The Balaban J connectivity index is 2.28. The maximum absolute atomic E-state index is 5.29. The molecule has 2 aromatic rings. The first-order valence-electron chi connectivity index (χ1n) is 5.32. The molecule has 0 bridgehead atoms. The van der Waals surface area contributed by atoms with E-state index < -0.39 is 0 Å². The lowest BCUT2D eigenvalue weighted by Crippen LogP contribution is -2.09. The Morgan fingerprint density at radius 1 is 1.12 bits per heavy atom. The van der Waals surface area contributed by atoms with Gasteiger partial charge < -0.3 is 10.7 Å². The molecule has 0 saturated heterocycles. The molecule has 17 heavy (non-hydrogen) atoms. The zero-order valence-corrected chi connectivity index (χ0v) is 9.86. The third kappa shape index (κ3) is 2.51. The van der Waals surface area contributed by atoms with E-state index in [1.807, 2.05) is 12.1 Å². The van der Waals surface area contributed by atoms with Crippen molar-refractivity contribution >= 4 is 17.3 Å². The van der Waals surface area contributed by atoms with Crippen LogP contribution in [0.15, 0.2) is 30.6 Å². The normalized spacial score (nSPS) is 10.1. The van der Waals surface area contributed by atoms with Crippen molar-refractivity contribution in [1.82, 2.24) is 9.97 Å². The van der Waals surface area contributed by atoms with Crippen LogP contribution in [0.2, 0.25) is 0 Å². The van der Waals surface area contributed by atoms with Crippen LogP contribution in [-0.4, -0.2) is 9.97 Å². The van der Waals surface area contributed by atoms with E-state index in [0.717, 1.165) is 5.69 Å². The minimum Gasteiger partial charge on any atom is -0.339 e. The molecule has 1 aromatic carbocycles. The maximum Gasteiger partial charge on any atom is 0.160 e. The molecule has 0 unspecified atom stereocenters. The van der Waals surface area contributed by atoms with Crippen LogP contribution in [0.3, 0.4) is 0 Å². The van der Waals surface area contributed by atoms with Gasteiger partial charge in [-0.25, -0.2) is 10.8 Å². The molecule has 88 valence electrons. The van der Waals surface area contributed by atoms with Crippen molar-refractivity contribution in [2.75, 3.05) is 10.7 Å². The second kappa shape index (κ2) is 4.80. The summed E-state index contributed by atoms with van der Waals surface area (Å²) in [6.07, 6.45) is 3.22. The fourth-order valence-corrected chi connectivity index (χ4v) is 1.52. The van der Waals surface area contributed by atoms with Gasteiger partial charge in [-0.2, -0.15) is 0 Å². The number of rotatable bonds is 3. The Morgan fingerprint density at radius 3 is 2.65 bits per heavy atom. The van der Waals surface area contributed by atoms with E-state index in [0.29, 0.717) is 11.6 Å². The molecule has 4 N–H and O–H groups in total. The van der Waals surface area contributed by atoms with E-state index in [2.05, 4.69) is 40.6 Å². The molecule has 0 saturated carbocycles. The minimum absolute atomic E-state index is 0.528. The molecule has 0 aliphatic heterocycles. The van der Waals surface area contributed by atoms with Crippen LogP contribution in [-0.2, 0) is 0 Å². The topological polar surface area (TPSA) is 75.9 Å². The third-order valence-electron chi connectivity index (χ3n) is 2.65. The summed E-state index contributed by atoms with van der Waals surface area (Å²) in [4.78, 5) is 8.28. The average molecular weight is 229 g/mol. The van der Waals surface area contributed by atoms with Crippen LogP contribution in [0.1, 0.15) is 11.1 Å². The molecule has 0 aliphatic carbocycles. The van der Waals surface area contributed by atoms with Crippen molar-refractivity contribution in [3.05, 3.63) is 41.7 Å². The summed E-state index contributed by atoms with van der Waals surface area (Å²) in [7, 11) is 0. The number of aryl methyl sites for hydroxylation is 1. The van der Waals surface area contributed by atoms with Crippen LogP contribution in [0.5, 0.6) is 0 Å². The first-order valence-corrected chi connectivity index (χ1v) is 5.32. The number of hydrogen-bond acceptors (Lipinski definition) is 5. The molecular formula is C12H15N5. The third-order valence-corrected chi connectivity index (χ3v) is 2.65. The largest absolute Gasteiger partial charge is 0.339 e. The lowest BCUT2D eigenvalue weighted by Gasteiger charge is -2.10. The molecule has 0 fully saturated rings. The summed E-state index contributed by atoms with van der Waals surface area (Å²) in [6.45, 7) is 4.14. The second-order valence-electron chi connectivity index (χ2n) is 3.81. The van der Waals surface area contributed by atoms with Gasteiger partial charge in [-0.15, -0.1) is 0 Å². The van der Waals surface area contributed by atoms with E-state index in [-0.39, 0.29) is 0 Å². The number of hydrazine groups is 1. The first-order chi connectivity index (χ1) is 8.20. The Morgan fingerprint density at radius 2 is 1.88 bits per heavy atom. The van der Waals surface area contributed by atoms with E-state index in [1.54, 1.807) is 12.4 Å².